The van der Waals surface area contributed by atoms with Gasteiger partial charge in [-0.3, -0.25) is 0 Å². The number of dihydropyridines is 1. The molecule has 0 aromatic carbocycles. The zero-order chi connectivity index (χ0) is 9.90. The zero-order valence-electron chi connectivity index (χ0n) is 8.30. The molecular formula is C11H17NO. The maximum Gasteiger partial charge on any atom is 0.0698 e. The number of hydrogen-bond donors (Lipinski definition) is 2. The zero-order valence-corrected chi connectivity index (χ0v) is 8.30. The maximum absolute atomic E-state index is 9.14. The van der Waals surface area contributed by atoms with Gasteiger partial charge in [0, 0.05) is 17.7 Å². The van der Waals surface area contributed by atoms with Crippen molar-refractivity contribution in [2.75, 3.05) is 13.2 Å². The van der Waals surface area contributed by atoms with Crippen molar-refractivity contribution >= 4 is 0 Å². The van der Waals surface area contributed by atoms with Gasteiger partial charge >= 0.3 is 0 Å². The number of rotatable bonds is 3. The van der Waals surface area contributed by atoms with E-state index in [9.17, 15) is 0 Å². The van der Waals surface area contributed by atoms with Crippen molar-refractivity contribution in [3.8, 4) is 0 Å². The molecule has 0 aliphatic carbocycles. The van der Waals surface area contributed by atoms with E-state index in [1.165, 1.54) is 0 Å². The molecule has 2 heteroatoms. The van der Waals surface area contributed by atoms with Gasteiger partial charge < -0.3 is 10.4 Å². The normalized spacial score (nSPS) is 17.2. The molecule has 0 bridgehead atoms. The molecule has 0 saturated carbocycles. The second-order valence-electron chi connectivity index (χ2n) is 3.77. The molecule has 1 heterocycles. The van der Waals surface area contributed by atoms with Crippen molar-refractivity contribution in [1.29, 1.82) is 0 Å². The smallest absolute Gasteiger partial charge is 0.0698 e. The van der Waals surface area contributed by atoms with Gasteiger partial charge in [0.25, 0.3) is 0 Å². The molecule has 72 valence electrons. The van der Waals surface area contributed by atoms with E-state index in [2.05, 4.69) is 25.7 Å². The maximum atomic E-state index is 9.14. The standard InChI is InChI=1S/C11H17NO/c1-4-11(2,3)10-9(8-13)6-5-7-12-10/h4-6,12-13H,1,7-8H2,2-3H3. The molecule has 1 aliphatic heterocycles. The van der Waals surface area contributed by atoms with Crippen LogP contribution in [0.5, 0.6) is 0 Å². The molecule has 0 unspecified atom stereocenters. The summed E-state index contributed by atoms with van der Waals surface area (Å²) in [4.78, 5) is 0. The number of allylic oxidation sites excluding steroid dienone is 1. The van der Waals surface area contributed by atoms with Crippen LogP contribution in [0.1, 0.15) is 13.8 Å². The molecule has 0 aromatic heterocycles. The average molecular weight is 179 g/mol. The lowest BCUT2D eigenvalue weighted by atomic mass is 9.85. The van der Waals surface area contributed by atoms with Crippen LogP contribution in [-0.4, -0.2) is 18.3 Å². The summed E-state index contributed by atoms with van der Waals surface area (Å²) in [5, 5.41) is 12.4. The van der Waals surface area contributed by atoms with Gasteiger partial charge in [-0.05, 0) is 5.57 Å². The number of nitrogens with one attached hydrogen (secondary N) is 1. The fraction of sp³-hybridized carbons (Fsp3) is 0.455. The topological polar surface area (TPSA) is 32.3 Å². The van der Waals surface area contributed by atoms with E-state index in [1.807, 2.05) is 18.2 Å². The summed E-state index contributed by atoms with van der Waals surface area (Å²) in [6, 6.07) is 0. The van der Waals surface area contributed by atoms with Gasteiger partial charge in [0.1, 0.15) is 0 Å². The Morgan fingerprint density at radius 3 is 2.92 bits per heavy atom. The average Bonchev–Trinajstić information content (AvgIpc) is 2.18. The predicted molar refractivity (Wildman–Crippen MR) is 55.2 cm³/mol. The minimum atomic E-state index is -0.0944. The van der Waals surface area contributed by atoms with Gasteiger partial charge in [-0.15, -0.1) is 6.58 Å². The molecule has 0 fully saturated rings. The van der Waals surface area contributed by atoms with Gasteiger partial charge in [0.2, 0.25) is 0 Å². The molecule has 0 spiro atoms. The third-order valence-electron chi connectivity index (χ3n) is 2.36. The summed E-state index contributed by atoms with van der Waals surface area (Å²) in [7, 11) is 0. The second-order valence-corrected chi connectivity index (χ2v) is 3.77. The number of aliphatic hydroxyl groups excluding tert-OH is 1. The lowest BCUT2D eigenvalue weighted by Gasteiger charge is -2.29. The van der Waals surface area contributed by atoms with Gasteiger partial charge in [-0.25, -0.2) is 0 Å². The highest BCUT2D eigenvalue weighted by molar-refractivity contribution is 5.34. The highest BCUT2D eigenvalue weighted by Crippen LogP contribution is 2.29. The van der Waals surface area contributed by atoms with Crippen LogP contribution in [0.15, 0.2) is 36.1 Å². The quantitative estimate of drug-likeness (QED) is 0.645. The minimum absolute atomic E-state index is 0.0795. The first kappa shape index (κ1) is 10.1. The third kappa shape index (κ3) is 2.01. The predicted octanol–water partition coefficient (Wildman–Crippen LogP) is 1.60. The summed E-state index contributed by atoms with van der Waals surface area (Å²) in [5.74, 6) is 0. The van der Waals surface area contributed by atoms with E-state index in [0.717, 1.165) is 17.8 Å². The van der Waals surface area contributed by atoms with Crippen molar-refractivity contribution in [3.63, 3.8) is 0 Å². The Morgan fingerprint density at radius 2 is 2.38 bits per heavy atom. The van der Waals surface area contributed by atoms with E-state index in [1.54, 1.807) is 0 Å². The van der Waals surface area contributed by atoms with Gasteiger partial charge in [-0.2, -0.15) is 0 Å². The van der Waals surface area contributed by atoms with Crippen LogP contribution in [0, 0.1) is 5.41 Å². The Balaban J connectivity index is 3.04. The Morgan fingerprint density at radius 1 is 1.69 bits per heavy atom. The molecule has 0 atom stereocenters. The van der Waals surface area contributed by atoms with Gasteiger partial charge in [-0.1, -0.05) is 32.1 Å². The summed E-state index contributed by atoms with van der Waals surface area (Å²) in [6.45, 7) is 8.87. The first-order valence-electron chi connectivity index (χ1n) is 4.50. The molecule has 2 nitrogen and oxygen atoms in total. The van der Waals surface area contributed by atoms with Crippen molar-refractivity contribution in [2.45, 2.75) is 13.8 Å². The van der Waals surface area contributed by atoms with Crippen molar-refractivity contribution in [3.05, 3.63) is 36.1 Å². The summed E-state index contributed by atoms with van der Waals surface area (Å²) < 4.78 is 0. The van der Waals surface area contributed by atoms with Crippen LogP contribution in [-0.2, 0) is 0 Å². The molecule has 0 saturated heterocycles. The Bertz CT molecular complexity index is 261. The molecule has 0 radical (unpaired) electrons. The van der Waals surface area contributed by atoms with E-state index in [4.69, 9.17) is 5.11 Å². The highest BCUT2D eigenvalue weighted by atomic mass is 16.3. The largest absolute Gasteiger partial charge is 0.392 e. The lowest BCUT2D eigenvalue weighted by Crippen LogP contribution is -2.29. The molecule has 1 rings (SSSR count). The molecule has 2 N–H and O–H groups in total. The Labute approximate surface area is 79.7 Å². The van der Waals surface area contributed by atoms with Crippen LogP contribution >= 0.6 is 0 Å². The lowest BCUT2D eigenvalue weighted by molar-refractivity contribution is 0.328. The minimum Gasteiger partial charge on any atom is -0.392 e. The van der Waals surface area contributed by atoms with Crippen molar-refractivity contribution in [2.24, 2.45) is 5.41 Å². The Hall–Kier alpha value is -1.02. The first-order valence-corrected chi connectivity index (χ1v) is 4.50. The monoisotopic (exact) mass is 179 g/mol. The summed E-state index contributed by atoms with van der Waals surface area (Å²) >= 11 is 0. The molecule has 0 aromatic rings. The fourth-order valence-electron chi connectivity index (χ4n) is 1.43. The molecular weight excluding hydrogens is 162 g/mol. The van der Waals surface area contributed by atoms with E-state index in [0.29, 0.717) is 0 Å². The van der Waals surface area contributed by atoms with E-state index < -0.39 is 0 Å². The van der Waals surface area contributed by atoms with E-state index in [-0.39, 0.29) is 12.0 Å². The molecule has 0 amide bonds. The first-order chi connectivity index (χ1) is 6.11. The van der Waals surface area contributed by atoms with Crippen LogP contribution in [0.2, 0.25) is 0 Å². The molecule has 1 aliphatic rings. The second kappa shape index (κ2) is 3.79. The van der Waals surface area contributed by atoms with E-state index >= 15 is 0 Å². The Kier molecular flexibility index (Phi) is 2.94. The summed E-state index contributed by atoms with van der Waals surface area (Å²) in [5.41, 5.74) is 1.94. The van der Waals surface area contributed by atoms with Gasteiger partial charge in [0.05, 0.1) is 6.61 Å². The van der Waals surface area contributed by atoms with Crippen LogP contribution in [0.4, 0.5) is 0 Å². The van der Waals surface area contributed by atoms with Crippen molar-refractivity contribution in [1.82, 2.24) is 5.32 Å². The van der Waals surface area contributed by atoms with Crippen LogP contribution in [0.3, 0.4) is 0 Å². The SMILES string of the molecule is C=CC(C)(C)C1=C(CO)C=CCN1. The third-order valence-corrected chi connectivity index (χ3v) is 2.36. The summed E-state index contributed by atoms with van der Waals surface area (Å²) in [6.07, 6.45) is 5.87. The molecule has 13 heavy (non-hydrogen) atoms. The number of hydrogen-bond acceptors (Lipinski definition) is 2. The van der Waals surface area contributed by atoms with Crippen LogP contribution in [0.25, 0.3) is 0 Å². The van der Waals surface area contributed by atoms with Crippen molar-refractivity contribution < 1.29 is 5.11 Å². The van der Waals surface area contributed by atoms with Gasteiger partial charge in [0.15, 0.2) is 0 Å². The highest BCUT2D eigenvalue weighted by Gasteiger charge is 2.22. The van der Waals surface area contributed by atoms with Crippen LogP contribution < -0.4 is 5.32 Å². The fourth-order valence-corrected chi connectivity index (χ4v) is 1.43. The number of aliphatic hydroxyl groups is 1.